The van der Waals surface area contributed by atoms with Crippen molar-refractivity contribution in [1.29, 1.82) is 0 Å². The lowest BCUT2D eigenvalue weighted by atomic mass is 10.2. The molecule has 4 heteroatoms. The highest BCUT2D eigenvalue weighted by molar-refractivity contribution is 5.79. The van der Waals surface area contributed by atoms with Crippen LogP contribution in [-0.2, 0) is 0 Å². The van der Waals surface area contributed by atoms with E-state index in [1.807, 2.05) is 0 Å². The van der Waals surface area contributed by atoms with Crippen LogP contribution in [0.15, 0.2) is 18.2 Å². The van der Waals surface area contributed by atoms with E-state index in [2.05, 4.69) is 4.90 Å². The summed E-state index contributed by atoms with van der Waals surface area (Å²) in [4.78, 5) is 12.9. The number of aromatic hydroxyl groups is 1. The van der Waals surface area contributed by atoms with Crippen LogP contribution in [0, 0.1) is 0 Å². The molecule has 0 unspecified atom stereocenters. The lowest BCUT2D eigenvalue weighted by Gasteiger charge is -2.30. The number of phenolic OH excluding ortho intramolecular Hbond substituents is 1. The summed E-state index contributed by atoms with van der Waals surface area (Å²) < 4.78 is 5.50. The SMILES string of the molecule is O=Cc1cc(OCCN2CCC2)ccc1O. The molecule has 1 N–H and O–H groups in total. The number of rotatable bonds is 5. The Labute approximate surface area is 94.4 Å². The second kappa shape index (κ2) is 4.99. The second-order valence-electron chi connectivity index (χ2n) is 3.88. The third-order valence-corrected chi connectivity index (χ3v) is 2.75. The summed E-state index contributed by atoms with van der Waals surface area (Å²) in [7, 11) is 0. The van der Waals surface area contributed by atoms with Crippen LogP contribution in [0.1, 0.15) is 16.8 Å². The van der Waals surface area contributed by atoms with Gasteiger partial charge < -0.3 is 9.84 Å². The van der Waals surface area contributed by atoms with Crippen molar-refractivity contribution >= 4 is 6.29 Å². The number of hydrogen-bond donors (Lipinski definition) is 1. The van der Waals surface area contributed by atoms with Gasteiger partial charge in [-0.15, -0.1) is 0 Å². The number of benzene rings is 1. The minimum Gasteiger partial charge on any atom is -0.507 e. The van der Waals surface area contributed by atoms with Gasteiger partial charge in [0, 0.05) is 6.54 Å². The van der Waals surface area contributed by atoms with Gasteiger partial charge in [-0.25, -0.2) is 0 Å². The summed E-state index contributed by atoms with van der Waals surface area (Å²) in [6.07, 6.45) is 1.89. The van der Waals surface area contributed by atoms with E-state index in [0.29, 0.717) is 18.6 Å². The summed E-state index contributed by atoms with van der Waals surface area (Å²) in [6.45, 7) is 3.83. The van der Waals surface area contributed by atoms with Crippen molar-refractivity contribution in [3.63, 3.8) is 0 Å². The molecular formula is C12H15NO3. The van der Waals surface area contributed by atoms with Gasteiger partial charge in [-0.2, -0.15) is 0 Å². The molecular weight excluding hydrogens is 206 g/mol. The van der Waals surface area contributed by atoms with E-state index in [-0.39, 0.29) is 11.3 Å². The molecule has 0 spiro atoms. The van der Waals surface area contributed by atoms with Crippen molar-refractivity contribution in [2.45, 2.75) is 6.42 Å². The molecule has 0 aromatic heterocycles. The van der Waals surface area contributed by atoms with Crippen LogP contribution in [0.4, 0.5) is 0 Å². The van der Waals surface area contributed by atoms with E-state index in [9.17, 15) is 9.90 Å². The number of phenols is 1. The molecule has 0 aliphatic carbocycles. The van der Waals surface area contributed by atoms with E-state index in [1.54, 1.807) is 12.1 Å². The molecule has 1 heterocycles. The normalized spacial score (nSPS) is 15.5. The van der Waals surface area contributed by atoms with E-state index in [0.717, 1.165) is 19.6 Å². The van der Waals surface area contributed by atoms with Crippen LogP contribution < -0.4 is 4.74 Å². The van der Waals surface area contributed by atoms with Gasteiger partial charge in [0.05, 0.1) is 5.56 Å². The first-order valence-electron chi connectivity index (χ1n) is 5.43. The molecule has 0 saturated carbocycles. The standard InChI is InChI=1S/C12H15NO3/c14-9-10-8-11(2-3-12(10)15)16-7-6-13-4-1-5-13/h2-3,8-9,15H,1,4-7H2. The first-order valence-corrected chi connectivity index (χ1v) is 5.43. The van der Waals surface area contributed by atoms with E-state index in [4.69, 9.17) is 4.74 Å². The highest BCUT2D eigenvalue weighted by atomic mass is 16.5. The van der Waals surface area contributed by atoms with Crippen molar-refractivity contribution in [2.75, 3.05) is 26.2 Å². The quantitative estimate of drug-likeness (QED) is 0.761. The zero-order valence-corrected chi connectivity index (χ0v) is 9.06. The van der Waals surface area contributed by atoms with Gasteiger partial charge in [0.1, 0.15) is 18.1 Å². The van der Waals surface area contributed by atoms with Crippen molar-refractivity contribution in [1.82, 2.24) is 4.90 Å². The summed E-state index contributed by atoms with van der Waals surface area (Å²) in [5.41, 5.74) is 0.265. The third-order valence-electron chi connectivity index (χ3n) is 2.75. The predicted molar refractivity (Wildman–Crippen MR) is 60.0 cm³/mol. The molecule has 1 aromatic carbocycles. The first kappa shape index (κ1) is 11.0. The Balaban J connectivity index is 1.85. The molecule has 16 heavy (non-hydrogen) atoms. The zero-order valence-electron chi connectivity index (χ0n) is 9.06. The topological polar surface area (TPSA) is 49.8 Å². The van der Waals surface area contributed by atoms with E-state index < -0.39 is 0 Å². The molecule has 1 aliphatic rings. The van der Waals surface area contributed by atoms with Crippen LogP contribution in [-0.4, -0.2) is 42.5 Å². The Hall–Kier alpha value is -1.55. The Morgan fingerprint density at radius 1 is 1.44 bits per heavy atom. The summed E-state index contributed by atoms with van der Waals surface area (Å²) >= 11 is 0. The average molecular weight is 221 g/mol. The molecule has 0 radical (unpaired) electrons. The minimum atomic E-state index is -0.00917. The fourth-order valence-corrected chi connectivity index (χ4v) is 1.61. The number of likely N-dealkylation sites (tertiary alicyclic amines) is 1. The molecule has 0 atom stereocenters. The molecule has 2 rings (SSSR count). The number of carbonyl (C=O) groups is 1. The van der Waals surface area contributed by atoms with Gasteiger partial charge in [-0.3, -0.25) is 9.69 Å². The lowest BCUT2D eigenvalue weighted by Crippen LogP contribution is -2.39. The second-order valence-corrected chi connectivity index (χ2v) is 3.88. The molecule has 1 fully saturated rings. The lowest BCUT2D eigenvalue weighted by molar-refractivity contribution is 0.112. The van der Waals surface area contributed by atoms with Crippen LogP contribution >= 0.6 is 0 Å². The van der Waals surface area contributed by atoms with Crippen molar-refractivity contribution in [2.24, 2.45) is 0 Å². The van der Waals surface area contributed by atoms with E-state index >= 15 is 0 Å². The summed E-state index contributed by atoms with van der Waals surface area (Å²) in [5, 5.41) is 9.30. The fourth-order valence-electron chi connectivity index (χ4n) is 1.61. The van der Waals surface area contributed by atoms with Gasteiger partial charge in [0.25, 0.3) is 0 Å². The molecule has 1 saturated heterocycles. The number of carbonyl (C=O) groups excluding carboxylic acids is 1. The number of nitrogens with zero attached hydrogens (tertiary/aromatic N) is 1. The molecule has 4 nitrogen and oxygen atoms in total. The van der Waals surface area contributed by atoms with Crippen molar-refractivity contribution < 1.29 is 14.6 Å². The molecule has 86 valence electrons. The molecule has 0 bridgehead atoms. The Kier molecular flexibility index (Phi) is 3.41. The zero-order chi connectivity index (χ0) is 11.4. The van der Waals surface area contributed by atoms with Gasteiger partial charge in [-0.05, 0) is 37.7 Å². The number of ether oxygens (including phenoxy) is 1. The maximum atomic E-state index is 10.6. The smallest absolute Gasteiger partial charge is 0.153 e. The molecule has 1 aliphatic heterocycles. The molecule has 0 amide bonds. The number of aldehydes is 1. The Bertz CT molecular complexity index is 375. The van der Waals surface area contributed by atoms with Crippen LogP contribution in [0.2, 0.25) is 0 Å². The largest absolute Gasteiger partial charge is 0.507 e. The monoisotopic (exact) mass is 221 g/mol. The van der Waals surface area contributed by atoms with Crippen molar-refractivity contribution in [3.8, 4) is 11.5 Å². The fraction of sp³-hybridized carbons (Fsp3) is 0.417. The van der Waals surface area contributed by atoms with Gasteiger partial charge >= 0.3 is 0 Å². The van der Waals surface area contributed by atoms with Gasteiger partial charge in [-0.1, -0.05) is 0 Å². The van der Waals surface area contributed by atoms with E-state index in [1.165, 1.54) is 12.5 Å². The maximum Gasteiger partial charge on any atom is 0.153 e. The highest BCUT2D eigenvalue weighted by Gasteiger charge is 2.12. The van der Waals surface area contributed by atoms with Crippen LogP contribution in [0.5, 0.6) is 11.5 Å². The highest BCUT2D eigenvalue weighted by Crippen LogP contribution is 2.21. The van der Waals surface area contributed by atoms with Gasteiger partial charge in [0.15, 0.2) is 6.29 Å². The molecule has 1 aromatic rings. The number of hydrogen-bond acceptors (Lipinski definition) is 4. The van der Waals surface area contributed by atoms with Crippen molar-refractivity contribution in [3.05, 3.63) is 23.8 Å². The predicted octanol–water partition coefficient (Wildman–Crippen LogP) is 1.29. The maximum absolute atomic E-state index is 10.6. The van der Waals surface area contributed by atoms with Gasteiger partial charge in [0.2, 0.25) is 0 Å². The van der Waals surface area contributed by atoms with Crippen LogP contribution in [0.3, 0.4) is 0 Å². The summed E-state index contributed by atoms with van der Waals surface area (Å²) in [6, 6.07) is 4.69. The van der Waals surface area contributed by atoms with Crippen LogP contribution in [0.25, 0.3) is 0 Å². The Morgan fingerprint density at radius 3 is 2.88 bits per heavy atom. The third kappa shape index (κ3) is 2.52. The summed E-state index contributed by atoms with van der Waals surface area (Å²) in [5.74, 6) is 0.616. The minimum absolute atomic E-state index is 0.00917. The Morgan fingerprint density at radius 2 is 2.25 bits per heavy atom. The first-order chi connectivity index (χ1) is 7.79. The average Bonchev–Trinajstić information content (AvgIpc) is 2.24.